The molecule has 0 saturated heterocycles. The van der Waals surface area contributed by atoms with E-state index in [0.29, 0.717) is 0 Å². The first kappa shape index (κ1) is 10.9. The number of rotatable bonds is 3. The van der Waals surface area contributed by atoms with Gasteiger partial charge in [0.25, 0.3) is 0 Å². The van der Waals surface area contributed by atoms with Gasteiger partial charge in [0.1, 0.15) is 0 Å². The summed E-state index contributed by atoms with van der Waals surface area (Å²) < 4.78 is 15.4. The number of allylic oxidation sites excluding steroid dienone is 2. The minimum atomic E-state index is -1.27. The Morgan fingerprint density at radius 3 is 2.50 bits per heavy atom. The van der Waals surface area contributed by atoms with E-state index in [4.69, 9.17) is 0 Å². The van der Waals surface area contributed by atoms with Gasteiger partial charge in [-0.2, -0.15) is 4.40 Å². The van der Waals surface area contributed by atoms with Gasteiger partial charge in [0.2, 0.25) is 0 Å². The Bertz CT molecular complexity index is 365. The van der Waals surface area contributed by atoms with Crippen LogP contribution in [-0.2, 0) is 11.0 Å². The molecule has 0 fully saturated rings. The fourth-order valence-corrected chi connectivity index (χ4v) is 1.56. The zero-order valence-electron chi connectivity index (χ0n) is 8.31. The summed E-state index contributed by atoms with van der Waals surface area (Å²) in [5.41, 5.74) is 1.16. The first-order valence-electron chi connectivity index (χ1n) is 4.38. The van der Waals surface area contributed by atoms with Gasteiger partial charge in [-0.15, -0.1) is 0 Å². The van der Waals surface area contributed by atoms with E-state index in [0.717, 1.165) is 10.5 Å². The second-order valence-corrected chi connectivity index (χ2v) is 4.02. The van der Waals surface area contributed by atoms with E-state index in [1.54, 1.807) is 12.3 Å². The third-order valence-corrected chi connectivity index (χ3v) is 2.65. The molecule has 0 amide bonds. The van der Waals surface area contributed by atoms with Crippen molar-refractivity contribution in [3.8, 4) is 0 Å². The molecule has 3 heteroatoms. The van der Waals surface area contributed by atoms with Crippen LogP contribution in [0.4, 0.5) is 0 Å². The highest BCUT2D eigenvalue weighted by molar-refractivity contribution is 7.83. The number of benzene rings is 1. The second kappa shape index (κ2) is 5.50. The van der Waals surface area contributed by atoms with E-state index in [2.05, 4.69) is 4.40 Å². The summed E-state index contributed by atoms with van der Waals surface area (Å²) in [5.74, 6) is 0. The number of nitrogens with zero attached hydrogens (tertiary/aromatic N) is 1. The Kier molecular flexibility index (Phi) is 4.26. The van der Waals surface area contributed by atoms with Crippen LogP contribution in [0.1, 0.15) is 12.5 Å². The van der Waals surface area contributed by atoms with E-state index >= 15 is 0 Å². The lowest BCUT2D eigenvalue weighted by molar-refractivity contribution is 0.684. The highest BCUT2D eigenvalue weighted by Crippen LogP contribution is 2.08. The number of aryl methyl sites for hydroxylation is 1. The molecule has 0 aliphatic rings. The van der Waals surface area contributed by atoms with Crippen molar-refractivity contribution >= 4 is 17.2 Å². The third-order valence-electron chi connectivity index (χ3n) is 1.66. The fourth-order valence-electron chi connectivity index (χ4n) is 0.892. The lowest BCUT2D eigenvalue weighted by atomic mass is 10.2. The van der Waals surface area contributed by atoms with Crippen LogP contribution in [0, 0.1) is 6.92 Å². The first-order valence-corrected chi connectivity index (χ1v) is 5.48. The molecule has 1 unspecified atom stereocenters. The average molecular weight is 207 g/mol. The summed E-state index contributed by atoms with van der Waals surface area (Å²) >= 11 is 0. The van der Waals surface area contributed by atoms with Crippen molar-refractivity contribution in [2.45, 2.75) is 18.7 Å². The molecule has 0 heterocycles. The van der Waals surface area contributed by atoms with Crippen LogP contribution in [0.2, 0.25) is 0 Å². The molecule has 2 nitrogen and oxygen atoms in total. The van der Waals surface area contributed by atoms with Crippen LogP contribution in [0.3, 0.4) is 0 Å². The molecule has 1 aromatic rings. The molecule has 1 atom stereocenters. The van der Waals surface area contributed by atoms with E-state index in [-0.39, 0.29) is 0 Å². The van der Waals surface area contributed by atoms with Crippen LogP contribution in [0.5, 0.6) is 0 Å². The molecular weight excluding hydrogens is 194 g/mol. The molecule has 0 radical (unpaired) electrons. The van der Waals surface area contributed by atoms with Crippen molar-refractivity contribution in [2.24, 2.45) is 4.40 Å². The molecule has 74 valence electrons. The second-order valence-electron chi connectivity index (χ2n) is 2.84. The van der Waals surface area contributed by atoms with Crippen molar-refractivity contribution in [3.63, 3.8) is 0 Å². The molecule has 0 aliphatic heterocycles. The Labute approximate surface area is 87.0 Å². The first-order chi connectivity index (χ1) is 6.74. The van der Waals surface area contributed by atoms with Crippen LogP contribution < -0.4 is 0 Å². The van der Waals surface area contributed by atoms with Gasteiger partial charge in [0.05, 0.1) is 4.90 Å². The standard InChI is InChI=1S/C11H13NOS/c1-3-4-9-12-14(13)11-7-5-10(2)6-8-11/h3-9H,1-2H3. The Morgan fingerprint density at radius 2 is 1.93 bits per heavy atom. The smallest absolute Gasteiger partial charge is 0.172 e. The average Bonchev–Trinajstić information content (AvgIpc) is 2.19. The van der Waals surface area contributed by atoms with Gasteiger partial charge in [0.15, 0.2) is 11.0 Å². The minimum absolute atomic E-state index is 0.733. The monoisotopic (exact) mass is 207 g/mol. The molecule has 14 heavy (non-hydrogen) atoms. The molecule has 0 saturated carbocycles. The van der Waals surface area contributed by atoms with Gasteiger partial charge >= 0.3 is 0 Å². The van der Waals surface area contributed by atoms with Crippen LogP contribution in [0.15, 0.2) is 45.7 Å². The molecule has 0 N–H and O–H groups in total. The van der Waals surface area contributed by atoms with Gasteiger partial charge in [-0.25, -0.2) is 4.21 Å². The predicted octanol–water partition coefficient (Wildman–Crippen LogP) is 2.66. The maximum absolute atomic E-state index is 11.5. The van der Waals surface area contributed by atoms with Crippen molar-refractivity contribution in [1.29, 1.82) is 0 Å². The molecule has 0 bridgehead atoms. The summed E-state index contributed by atoms with van der Waals surface area (Å²) in [6.45, 7) is 3.89. The molecule has 0 spiro atoms. The quantitative estimate of drug-likeness (QED) is 0.701. The fraction of sp³-hybridized carbons (Fsp3) is 0.182. The highest BCUT2D eigenvalue weighted by atomic mass is 32.2. The number of hydrogen-bond donors (Lipinski definition) is 0. The zero-order chi connectivity index (χ0) is 10.4. The Hall–Kier alpha value is -1.22. The molecule has 1 rings (SSSR count). The Balaban J connectivity index is 2.75. The third kappa shape index (κ3) is 3.26. The Morgan fingerprint density at radius 1 is 1.29 bits per heavy atom. The maximum atomic E-state index is 11.5. The van der Waals surface area contributed by atoms with Gasteiger partial charge in [-0.05, 0) is 32.1 Å². The van der Waals surface area contributed by atoms with Gasteiger partial charge in [-0.3, -0.25) is 0 Å². The largest absolute Gasteiger partial charge is 0.229 e. The topological polar surface area (TPSA) is 29.4 Å². The van der Waals surface area contributed by atoms with E-state index in [1.165, 1.54) is 0 Å². The maximum Gasteiger partial charge on any atom is 0.172 e. The molecule has 0 aromatic heterocycles. The molecular formula is C11H13NOS. The van der Waals surface area contributed by atoms with Crippen molar-refractivity contribution in [3.05, 3.63) is 42.0 Å². The van der Waals surface area contributed by atoms with Crippen LogP contribution >= 0.6 is 0 Å². The summed E-state index contributed by atoms with van der Waals surface area (Å²) in [7, 11) is -1.27. The lowest BCUT2D eigenvalue weighted by Gasteiger charge is -1.95. The van der Waals surface area contributed by atoms with Crippen LogP contribution in [0.25, 0.3) is 0 Å². The molecule has 0 aliphatic carbocycles. The van der Waals surface area contributed by atoms with Gasteiger partial charge in [-0.1, -0.05) is 23.8 Å². The van der Waals surface area contributed by atoms with Crippen molar-refractivity contribution < 1.29 is 4.21 Å². The summed E-state index contributed by atoms with van der Waals surface area (Å²) in [4.78, 5) is 0.733. The summed E-state index contributed by atoms with van der Waals surface area (Å²) in [5, 5.41) is 0. The van der Waals surface area contributed by atoms with Crippen molar-refractivity contribution in [1.82, 2.24) is 0 Å². The van der Waals surface area contributed by atoms with Gasteiger partial charge in [0, 0.05) is 6.21 Å². The van der Waals surface area contributed by atoms with Crippen LogP contribution in [-0.4, -0.2) is 10.4 Å². The SMILES string of the molecule is CC=CC=NS(=O)c1ccc(C)cc1. The summed E-state index contributed by atoms with van der Waals surface area (Å²) in [6, 6.07) is 7.52. The van der Waals surface area contributed by atoms with Gasteiger partial charge < -0.3 is 0 Å². The van der Waals surface area contributed by atoms with E-state index in [9.17, 15) is 4.21 Å². The lowest BCUT2D eigenvalue weighted by Crippen LogP contribution is -1.86. The molecule has 1 aromatic carbocycles. The zero-order valence-corrected chi connectivity index (χ0v) is 9.12. The van der Waals surface area contributed by atoms with E-state index < -0.39 is 11.0 Å². The summed E-state index contributed by atoms with van der Waals surface area (Å²) in [6.07, 6.45) is 5.15. The predicted molar refractivity (Wildman–Crippen MR) is 60.9 cm³/mol. The van der Waals surface area contributed by atoms with Crippen molar-refractivity contribution in [2.75, 3.05) is 0 Å². The highest BCUT2D eigenvalue weighted by Gasteiger charge is 1.98. The van der Waals surface area contributed by atoms with E-state index in [1.807, 2.05) is 44.2 Å². The number of hydrogen-bond acceptors (Lipinski definition) is 1. The minimum Gasteiger partial charge on any atom is -0.229 e. The normalized spacial score (nSPS) is 13.9.